The molecule has 2 N–H and O–H groups in total. The van der Waals surface area contributed by atoms with Crippen molar-refractivity contribution in [2.24, 2.45) is 4.99 Å². The van der Waals surface area contributed by atoms with E-state index in [1.165, 1.54) is 12.8 Å². The van der Waals surface area contributed by atoms with Gasteiger partial charge in [-0.3, -0.25) is 0 Å². The first-order valence-corrected chi connectivity index (χ1v) is 6.56. The minimum absolute atomic E-state index is 0.0735. The molecule has 0 spiro atoms. The predicted octanol–water partition coefficient (Wildman–Crippen LogP) is 2.00. The van der Waals surface area contributed by atoms with Crippen LogP contribution in [-0.2, 0) is 4.74 Å². The lowest BCUT2D eigenvalue weighted by molar-refractivity contribution is 0.293. The molecular weight excluding hydrogens is 228 g/mol. The Hall–Kier alpha value is -1.55. The Morgan fingerprint density at radius 2 is 2.06 bits per heavy atom. The van der Waals surface area contributed by atoms with Crippen LogP contribution in [0, 0.1) is 0 Å². The highest BCUT2D eigenvalue weighted by Crippen LogP contribution is 2.26. The maximum atomic E-state index is 9.28. The zero-order valence-electron chi connectivity index (χ0n) is 10.3. The van der Waals surface area contributed by atoms with Crippen LogP contribution in [0.5, 0.6) is 5.75 Å². The number of aromatic hydroxyl groups is 1. The monoisotopic (exact) mass is 246 g/mol. The molecule has 2 heterocycles. The highest BCUT2D eigenvalue weighted by atomic mass is 16.5. The van der Waals surface area contributed by atoms with E-state index >= 15 is 0 Å². The van der Waals surface area contributed by atoms with Crippen molar-refractivity contribution in [3.8, 4) is 5.75 Å². The van der Waals surface area contributed by atoms with Crippen molar-refractivity contribution in [3.05, 3.63) is 29.8 Å². The van der Waals surface area contributed by atoms with Crippen LogP contribution in [0.2, 0.25) is 0 Å². The second kappa shape index (κ2) is 4.98. The van der Waals surface area contributed by atoms with Crippen LogP contribution in [0.3, 0.4) is 0 Å². The number of phenolic OH excluding ortho intramolecular Hbond substituents is 1. The van der Waals surface area contributed by atoms with Crippen molar-refractivity contribution in [1.82, 2.24) is 5.32 Å². The van der Waals surface area contributed by atoms with Crippen LogP contribution < -0.4 is 5.32 Å². The maximum absolute atomic E-state index is 9.28. The highest BCUT2D eigenvalue weighted by Gasteiger charge is 2.27. The van der Waals surface area contributed by atoms with Gasteiger partial charge in [0.05, 0.1) is 6.04 Å². The average Bonchev–Trinajstić information content (AvgIpc) is 2.90. The molecule has 2 aliphatic rings. The van der Waals surface area contributed by atoms with Gasteiger partial charge in [0.1, 0.15) is 18.4 Å². The molecule has 0 bridgehead atoms. The van der Waals surface area contributed by atoms with E-state index in [0.29, 0.717) is 12.6 Å². The second-order valence-corrected chi connectivity index (χ2v) is 4.89. The molecule has 0 radical (unpaired) electrons. The van der Waals surface area contributed by atoms with Crippen molar-refractivity contribution in [1.29, 1.82) is 0 Å². The third-order valence-electron chi connectivity index (χ3n) is 3.56. The number of nitrogens with zero attached hydrogens (tertiary/aromatic N) is 1. The molecule has 3 rings (SSSR count). The number of ether oxygens (including phenoxy) is 1. The molecule has 1 saturated heterocycles. The van der Waals surface area contributed by atoms with Gasteiger partial charge >= 0.3 is 0 Å². The second-order valence-electron chi connectivity index (χ2n) is 4.89. The fraction of sp³-hybridized carbons (Fsp3) is 0.500. The molecule has 0 amide bonds. The fourth-order valence-electron chi connectivity index (χ4n) is 2.51. The first-order valence-electron chi connectivity index (χ1n) is 6.56. The standard InChI is InChI=1S/C14H18N2O2/c17-11-6-4-10(5-7-11)13-9-18-14(16-13)12-3-1-2-8-15-12/h4-7,12-13,15,17H,1-3,8-9H2. The van der Waals surface area contributed by atoms with E-state index in [2.05, 4.69) is 10.3 Å². The SMILES string of the molecule is Oc1ccc(C2COC(C3CCCCN3)=N2)cc1. The van der Waals surface area contributed by atoms with Gasteiger partial charge in [-0.25, -0.2) is 4.99 Å². The Morgan fingerprint density at radius 3 is 2.78 bits per heavy atom. The van der Waals surface area contributed by atoms with Crippen LogP contribution in [0.25, 0.3) is 0 Å². The molecular formula is C14H18N2O2. The number of benzene rings is 1. The minimum Gasteiger partial charge on any atom is -0.508 e. The summed E-state index contributed by atoms with van der Waals surface area (Å²) in [5.41, 5.74) is 1.10. The van der Waals surface area contributed by atoms with Gasteiger partial charge < -0.3 is 15.2 Å². The summed E-state index contributed by atoms with van der Waals surface area (Å²) in [6.07, 6.45) is 3.59. The normalized spacial score (nSPS) is 27.7. The zero-order chi connectivity index (χ0) is 12.4. The molecule has 0 saturated carbocycles. The van der Waals surface area contributed by atoms with Gasteiger partial charge in [0.15, 0.2) is 0 Å². The van der Waals surface area contributed by atoms with Gasteiger partial charge in [0.25, 0.3) is 0 Å². The average molecular weight is 246 g/mol. The largest absolute Gasteiger partial charge is 0.508 e. The van der Waals surface area contributed by atoms with Crippen LogP contribution in [0.1, 0.15) is 30.9 Å². The number of hydrogen-bond donors (Lipinski definition) is 2. The summed E-state index contributed by atoms with van der Waals surface area (Å²) in [6, 6.07) is 7.57. The molecule has 1 fully saturated rings. The summed E-state index contributed by atoms with van der Waals surface area (Å²) in [6.45, 7) is 1.66. The number of phenols is 1. The molecule has 2 aliphatic heterocycles. The minimum atomic E-state index is 0.0735. The van der Waals surface area contributed by atoms with Crippen LogP contribution in [-0.4, -0.2) is 30.2 Å². The molecule has 4 nitrogen and oxygen atoms in total. The molecule has 0 aromatic heterocycles. The van der Waals surface area contributed by atoms with E-state index in [1.54, 1.807) is 12.1 Å². The Bertz CT molecular complexity index is 436. The molecule has 1 aromatic carbocycles. The Balaban J connectivity index is 1.72. The summed E-state index contributed by atoms with van der Waals surface area (Å²) >= 11 is 0. The van der Waals surface area contributed by atoms with Gasteiger partial charge in [0, 0.05) is 0 Å². The number of nitrogens with one attached hydrogen (secondary N) is 1. The van der Waals surface area contributed by atoms with Gasteiger partial charge in [0.2, 0.25) is 5.90 Å². The van der Waals surface area contributed by atoms with Gasteiger partial charge in [-0.1, -0.05) is 18.6 Å². The molecule has 96 valence electrons. The summed E-state index contributed by atoms with van der Waals surface area (Å²) in [7, 11) is 0. The first-order chi connectivity index (χ1) is 8.83. The summed E-state index contributed by atoms with van der Waals surface area (Å²) in [5.74, 6) is 1.14. The topological polar surface area (TPSA) is 53.9 Å². The smallest absolute Gasteiger partial charge is 0.201 e. The van der Waals surface area contributed by atoms with Gasteiger partial charge in [-0.15, -0.1) is 0 Å². The van der Waals surface area contributed by atoms with Crippen LogP contribution >= 0.6 is 0 Å². The van der Waals surface area contributed by atoms with Crippen molar-refractivity contribution in [2.45, 2.75) is 31.3 Å². The van der Waals surface area contributed by atoms with Crippen molar-refractivity contribution < 1.29 is 9.84 Å². The fourth-order valence-corrected chi connectivity index (χ4v) is 2.51. The van der Waals surface area contributed by atoms with Crippen LogP contribution in [0.4, 0.5) is 0 Å². The van der Waals surface area contributed by atoms with Crippen molar-refractivity contribution >= 4 is 5.90 Å². The first kappa shape index (κ1) is 11.5. The Kier molecular flexibility index (Phi) is 3.19. The third-order valence-corrected chi connectivity index (χ3v) is 3.56. The van der Waals surface area contributed by atoms with Crippen LogP contribution in [0.15, 0.2) is 29.3 Å². The highest BCUT2D eigenvalue weighted by molar-refractivity contribution is 5.83. The zero-order valence-corrected chi connectivity index (χ0v) is 10.3. The lowest BCUT2D eigenvalue weighted by Crippen LogP contribution is -2.40. The lowest BCUT2D eigenvalue weighted by atomic mass is 10.1. The summed E-state index contributed by atoms with van der Waals surface area (Å²) < 4.78 is 5.71. The van der Waals surface area contributed by atoms with Crippen molar-refractivity contribution in [3.63, 3.8) is 0 Å². The Morgan fingerprint density at radius 1 is 1.22 bits per heavy atom. The molecule has 4 heteroatoms. The third kappa shape index (κ3) is 2.34. The molecule has 2 atom stereocenters. The lowest BCUT2D eigenvalue weighted by Gasteiger charge is -2.22. The number of rotatable bonds is 2. The summed E-state index contributed by atoms with van der Waals surface area (Å²) in [5, 5.41) is 12.7. The summed E-state index contributed by atoms with van der Waals surface area (Å²) in [4.78, 5) is 4.66. The molecule has 2 unspecified atom stereocenters. The van der Waals surface area contributed by atoms with E-state index in [0.717, 1.165) is 24.4 Å². The predicted molar refractivity (Wildman–Crippen MR) is 69.9 cm³/mol. The Labute approximate surface area is 107 Å². The maximum Gasteiger partial charge on any atom is 0.201 e. The van der Waals surface area contributed by atoms with Crippen molar-refractivity contribution in [2.75, 3.05) is 13.2 Å². The van der Waals surface area contributed by atoms with Gasteiger partial charge in [-0.05, 0) is 37.1 Å². The number of hydrogen-bond acceptors (Lipinski definition) is 4. The molecule has 1 aromatic rings. The van der Waals surface area contributed by atoms with E-state index < -0.39 is 0 Å². The quantitative estimate of drug-likeness (QED) is 0.839. The van der Waals surface area contributed by atoms with Gasteiger partial charge in [-0.2, -0.15) is 0 Å². The van der Waals surface area contributed by atoms with E-state index in [1.807, 2.05) is 12.1 Å². The number of piperidine rings is 1. The molecule has 0 aliphatic carbocycles. The van der Waals surface area contributed by atoms with E-state index in [4.69, 9.17) is 4.74 Å². The van der Waals surface area contributed by atoms with E-state index in [9.17, 15) is 5.11 Å². The molecule has 18 heavy (non-hydrogen) atoms. The number of aliphatic imine (C=N–C) groups is 1. The van der Waals surface area contributed by atoms with E-state index in [-0.39, 0.29) is 11.8 Å².